The van der Waals surface area contributed by atoms with Crippen LogP contribution < -0.4 is 25.0 Å². The SMILES string of the molecule is COc1ccc(OC)c(NC(=O)Cn2cc(OCc3ccccc3F)c(=O)cc2CO)c1. The van der Waals surface area contributed by atoms with E-state index in [2.05, 4.69) is 5.32 Å². The quantitative estimate of drug-likeness (QED) is 0.529. The number of aliphatic hydroxyl groups is 1. The Balaban J connectivity index is 1.79. The maximum absolute atomic E-state index is 13.8. The number of halogens is 1. The van der Waals surface area contributed by atoms with Crippen LogP contribution in [0, 0.1) is 5.82 Å². The molecular weight excluding hydrogens is 419 g/mol. The predicted octanol–water partition coefficient (Wildman–Crippen LogP) is 2.71. The van der Waals surface area contributed by atoms with Crippen molar-refractivity contribution in [1.29, 1.82) is 0 Å². The number of hydrogen-bond acceptors (Lipinski definition) is 6. The summed E-state index contributed by atoms with van der Waals surface area (Å²) in [4.78, 5) is 25.0. The third kappa shape index (κ3) is 5.44. The molecule has 9 heteroatoms. The fraction of sp³-hybridized carbons (Fsp3) is 0.217. The van der Waals surface area contributed by atoms with Crippen molar-refractivity contribution in [2.75, 3.05) is 19.5 Å². The molecular formula is C23H23FN2O6. The molecule has 2 aromatic carbocycles. The van der Waals surface area contributed by atoms with Crippen molar-refractivity contribution >= 4 is 11.6 Å². The average Bonchev–Trinajstić information content (AvgIpc) is 2.79. The number of methoxy groups -OCH3 is 2. The van der Waals surface area contributed by atoms with Crippen LogP contribution in [0.25, 0.3) is 0 Å². The van der Waals surface area contributed by atoms with Crippen LogP contribution in [0.2, 0.25) is 0 Å². The summed E-state index contributed by atoms with van der Waals surface area (Å²) in [5, 5.41) is 12.3. The smallest absolute Gasteiger partial charge is 0.244 e. The zero-order valence-corrected chi connectivity index (χ0v) is 17.6. The van der Waals surface area contributed by atoms with Crippen molar-refractivity contribution in [2.24, 2.45) is 0 Å². The monoisotopic (exact) mass is 442 g/mol. The van der Waals surface area contributed by atoms with Gasteiger partial charge in [-0.25, -0.2) is 4.39 Å². The van der Waals surface area contributed by atoms with E-state index in [1.165, 1.54) is 37.1 Å². The second-order valence-corrected chi connectivity index (χ2v) is 6.77. The second kappa shape index (κ2) is 10.5. The molecule has 0 saturated carbocycles. The van der Waals surface area contributed by atoms with Crippen molar-refractivity contribution in [3.8, 4) is 17.2 Å². The molecule has 2 N–H and O–H groups in total. The van der Waals surface area contributed by atoms with Crippen LogP contribution in [0.3, 0.4) is 0 Å². The van der Waals surface area contributed by atoms with Crippen LogP contribution in [0.4, 0.5) is 10.1 Å². The number of aliphatic hydroxyl groups excluding tert-OH is 1. The van der Waals surface area contributed by atoms with E-state index in [9.17, 15) is 19.1 Å². The molecule has 168 valence electrons. The molecule has 1 amide bonds. The summed E-state index contributed by atoms with van der Waals surface area (Å²) in [6, 6.07) is 12.2. The van der Waals surface area contributed by atoms with E-state index >= 15 is 0 Å². The number of amides is 1. The second-order valence-electron chi connectivity index (χ2n) is 6.77. The van der Waals surface area contributed by atoms with E-state index in [-0.39, 0.29) is 30.2 Å². The maximum Gasteiger partial charge on any atom is 0.244 e. The van der Waals surface area contributed by atoms with Crippen molar-refractivity contribution in [3.05, 3.63) is 82.0 Å². The molecule has 8 nitrogen and oxygen atoms in total. The van der Waals surface area contributed by atoms with Gasteiger partial charge in [0.2, 0.25) is 11.3 Å². The molecule has 0 spiro atoms. The van der Waals surface area contributed by atoms with Gasteiger partial charge in [-0.05, 0) is 18.2 Å². The number of nitrogens with one attached hydrogen (secondary N) is 1. The first-order chi connectivity index (χ1) is 15.4. The standard InChI is InChI=1S/C23H23FN2O6/c1-30-17-7-8-21(31-2)19(10-17)25-23(29)12-26-11-22(20(28)9-16(26)13-27)32-14-15-5-3-4-6-18(15)24/h3-11,27H,12-14H2,1-2H3,(H,25,29). The van der Waals surface area contributed by atoms with Crippen LogP contribution in [-0.4, -0.2) is 29.8 Å². The van der Waals surface area contributed by atoms with Gasteiger partial charge in [0.15, 0.2) is 5.75 Å². The topological polar surface area (TPSA) is 99.0 Å². The lowest BCUT2D eigenvalue weighted by Crippen LogP contribution is -2.23. The van der Waals surface area contributed by atoms with Gasteiger partial charge in [-0.3, -0.25) is 9.59 Å². The zero-order valence-electron chi connectivity index (χ0n) is 17.6. The Labute approximate surface area is 183 Å². The molecule has 32 heavy (non-hydrogen) atoms. The highest BCUT2D eigenvalue weighted by atomic mass is 19.1. The number of anilines is 1. The van der Waals surface area contributed by atoms with Crippen LogP contribution in [0.15, 0.2) is 59.5 Å². The molecule has 0 aliphatic heterocycles. The first-order valence-corrected chi connectivity index (χ1v) is 9.67. The van der Waals surface area contributed by atoms with Gasteiger partial charge < -0.3 is 29.2 Å². The van der Waals surface area contributed by atoms with Crippen LogP contribution in [0.1, 0.15) is 11.3 Å². The lowest BCUT2D eigenvalue weighted by atomic mass is 10.2. The number of ether oxygens (including phenoxy) is 3. The van der Waals surface area contributed by atoms with E-state index in [4.69, 9.17) is 14.2 Å². The van der Waals surface area contributed by atoms with Gasteiger partial charge in [0, 0.05) is 23.4 Å². The summed E-state index contributed by atoms with van der Waals surface area (Å²) in [5.41, 5.74) is 0.421. The molecule has 0 bridgehead atoms. The number of nitrogens with zero attached hydrogens (tertiary/aromatic N) is 1. The summed E-state index contributed by atoms with van der Waals surface area (Å²) >= 11 is 0. The molecule has 1 aromatic heterocycles. The molecule has 3 aromatic rings. The number of hydrogen-bond donors (Lipinski definition) is 2. The van der Waals surface area contributed by atoms with E-state index < -0.39 is 23.8 Å². The van der Waals surface area contributed by atoms with Crippen LogP contribution in [-0.2, 0) is 24.6 Å². The largest absolute Gasteiger partial charge is 0.497 e. The van der Waals surface area contributed by atoms with Gasteiger partial charge in [-0.2, -0.15) is 0 Å². The third-order valence-corrected chi connectivity index (χ3v) is 4.68. The molecule has 0 fully saturated rings. The summed E-state index contributed by atoms with van der Waals surface area (Å²) in [6.45, 7) is -0.835. The Bertz CT molecular complexity index is 1160. The van der Waals surface area contributed by atoms with Crippen LogP contribution >= 0.6 is 0 Å². The summed E-state index contributed by atoms with van der Waals surface area (Å²) < 4.78 is 31.1. The molecule has 0 aliphatic carbocycles. The Hall–Kier alpha value is -3.85. The van der Waals surface area contributed by atoms with Gasteiger partial charge in [0.05, 0.1) is 32.7 Å². The van der Waals surface area contributed by atoms with Crippen molar-refractivity contribution in [2.45, 2.75) is 19.8 Å². The average molecular weight is 442 g/mol. The molecule has 0 saturated heterocycles. The minimum atomic E-state index is -0.489. The third-order valence-electron chi connectivity index (χ3n) is 4.68. The molecule has 0 atom stereocenters. The van der Waals surface area contributed by atoms with Crippen molar-refractivity contribution in [1.82, 2.24) is 4.57 Å². The van der Waals surface area contributed by atoms with E-state index in [0.29, 0.717) is 17.2 Å². The number of carbonyl (C=O) groups excluding carboxylic acids is 1. The van der Waals surface area contributed by atoms with Gasteiger partial charge >= 0.3 is 0 Å². The van der Waals surface area contributed by atoms with Gasteiger partial charge in [-0.1, -0.05) is 18.2 Å². The van der Waals surface area contributed by atoms with Crippen molar-refractivity contribution in [3.63, 3.8) is 0 Å². The normalized spacial score (nSPS) is 10.5. The molecule has 3 rings (SSSR count). The first kappa shape index (κ1) is 22.8. The highest BCUT2D eigenvalue weighted by molar-refractivity contribution is 5.92. The van der Waals surface area contributed by atoms with E-state index in [1.54, 1.807) is 36.4 Å². The summed E-state index contributed by atoms with van der Waals surface area (Å²) in [5.74, 6) is 0.0123. The zero-order chi connectivity index (χ0) is 23.1. The van der Waals surface area contributed by atoms with Crippen LogP contribution in [0.5, 0.6) is 17.2 Å². The first-order valence-electron chi connectivity index (χ1n) is 9.67. The van der Waals surface area contributed by atoms with Crippen molar-refractivity contribution < 1.29 is 28.5 Å². The fourth-order valence-corrected chi connectivity index (χ4v) is 3.01. The summed E-state index contributed by atoms with van der Waals surface area (Å²) in [7, 11) is 2.98. The number of aromatic nitrogens is 1. The highest BCUT2D eigenvalue weighted by Crippen LogP contribution is 2.29. The van der Waals surface area contributed by atoms with E-state index in [1.807, 2.05) is 0 Å². The number of rotatable bonds is 9. The molecule has 0 radical (unpaired) electrons. The predicted molar refractivity (Wildman–Crippen MR) is 116 cm³/mol. The van der Waals surface area contributed by atoms with E-state index in [0.717, 1.165) is 0 Å². The minimum Gasteiger partial charge on any atom is -0.497 e. The maximum atomic E-state index is 13.8. The molecule has 1 heterocycles. The molecule has 0 aliphatic rings. The Morgan fingerprint density at radius 2 is 1.88 bits per heavy atom. The summed E-state index contributed by atoms with van der Waals surface area (Å²) in [6.07, 6.45) is 1.32. The Morgan fingerprint density at radius 3 is 2.56 bits per heavy atom. The number of benzene rings is 2. The number of pyridine rings is 1. The lowest BCUT2D eigenvalue weighted by molar-refractivity contribution is -0.116. The molecule has 0 unspecified atom stereocenters. The Morgan fingerprint density at radius 1 is 1.09 bits per heavy atom. The fourth-order valence-electron chi connectivity index (χ4n) is 3.01. The highest BCUT2D eigenvalue weighted by Gasteiger charge is 2.14. The van der Waals surface area contributed by atoms with Gasteiger partial charge in [0.1, 0.15) is 30.5 Å². The number of carbonyl (C=O) groups is 1. The van der Waals surface area contributed by atoms with Gasteiger partial charge in [-0.15, -0.1) is 0 Å². The Kier molecular flexibility index (Phi) is 7.45. The van der Waals surface area contributed by atoms with Gasteiger partial charge in [0.25, 0.3) is 0 Å². The minimum absolute atomic E-state index is 0.0720. The lowest BCUT2D eigenvalue weighted by Gasteiger charge is -2.16.